The highest BCUT2D eigenvalue weighted by Gasteiger charge is 2.26. The van der Waals surface area contributed by atoms with Crippen molar-refractivity contribution in [2.24, 2.45) is 0 Å². The lowest BCUT2D eigenvalue weighted by atomic mass is 9.91. The molecule has 0 aliphatic rings. The Kier molecular flexibility index (Phi) is 9.52. The number of halogens is 4. The Bertz CT molecular complexity index is 3120. The van der Waals surface area contributed by atoms with Crippen molar-refractivity contribution in [2.75, 3.05) is 9.80 Å². The molecule has 0 spiro atoms. The van der Waals surface area contributed by atoms with Gasteiger partial charge < -0.3 is 9.80 Å². The second-order valence-corrected chi connectivity index (χ2v) is 16.1. The summed E-state index contributed by atoms with van der Waals surface area (Å²) < 4.78 is 64.5. The number of anilines is 6. The van der Waals surface area contributed by atoms with Gasteiger partial charge in [0.2, 0.25) is 0 Å². The molecule has 0 unspecified atom stereocenters. The molecule has 62 heavy (non-hydrogen) atoms. The molecule has 0 atom stereocenters. The normalized spacial score (nSPS) is 11.5. The van der Waals surface area contributed by atoms with Crippen LogP contribution >= 0.6 is 0 Å². The molecule has 0 saturated carbocycles. The van der Waals surface area contributed by atoms with Gasteiger partial charge in [-0.25, -0.2) is 17.6 Å². The first kappa shape index (κ1) is 38.7. The molecule has 302 valence electrons. The number of nitrogens with zero attached hydrogens (tertiary/aromatic N) is 2. The van der Waals surface area contributed by atoms with Gasteiger partial charge in [-0.15, -0.1) is 0 Å². The summed E-state index contributed by atoms with van der Waals surface area (Å²) in [5, 5.41) is 5.46. The van der Waals surface area contributed by atoms with Crippen LogP contribution in [0.15, 0.2) is 170 Å². The van der Waals surface area contributed by atoms with Gasteiger partial charge in [0.25, 0.3) is 0 Å². The van der Waals surface area contributed by atoms with Crippen LogP contribution in [0.4, 0.5) is 51.7 Å². The summed E-state index contributed by atoms with van der Waals surface area (Å²) in [7, 11) is 0. The largest absolute Gasteiger partial charge is 0.307 e. The fraction of sp³-hybridized carbons (Fsp3) is 0.0714. The minimum Gasteiger partial charge on any atom is -0.307 e. The number of hydrogen-bond donors (Lipinski definition) is 0. The maximum atomic E-state index is 16.5. The summed E-state index contributed by atoms with van der Waals surface area (Å²) in [5.74, 6) is -2.70. The van der Waals surface area contributed by atoms with Gasteiger partial charge in [-0.2, -0.15) is 0 Å². The number of rotatable bonds is 8. The lowest BCUT2D eigenvalue weighted by molar-refractivity contribution is 0.586. The summed E-state index contributed by atoms with van der Waals surface area (Å²) in [5.41, 5.74) is 9.26. The van der Waals surface area contributed by atoms with Crippen LogP contribution in [0.1, 0.15) is 22.3 Å². The molecular weight excluding hydrogens is 777 g/mol. The molecule has 10 aromatic carbocycles. The molecule has 0 N–H and O–H groups in total. The van der Waals surface area contributed by atoms with E-state index in [1.54, 1.807) is 12.1 Å². The molecule has 0 bridgehead atoms. The zero-order valence-electron chi connectivity index (χ0n) is 34.6. The zero-order chi connectivity index (χ0) is 42.8. The van der Waals surface area contributed by atoms with Gasteiger partial charge in [0.1, 0.15) is 23.3 Å². The lowest BCUT2D eigenvalue weighted by Crippen LogP contribution is -2.13. The number of para-hydroxylation sites is 2. The monoisotopic (exact) mass is 816 g/mol. The van der Waals surface area contributed by atoms with Crippen molar-refractivity contribution >= 4 is 66.4 Å². The van der Waals surface area contributed by atoms with E-state index >= 15 is 17.6 Å². The third-order valence-electron chi connectivity index (χ3n) is 12.3. The Labute approximate surface area is 357 Å². The third kappa shape index (κ3) is 6.51. The Morgan fingerprint density at radius 1 is 0.323 bits per heavy atom. The second kappa shape index (κ2) is 15.2. The maximum Gasteiger partial charge on any atom is 0.150 e. The molecule has 2 nitrogen and oxygen atoms in total. The third-order valence-corrected chi connectivity index (χ3v) is 12.3. The fourth-order valence-corrected chi connectivity index (χ4v) is 8.81. The van der Waals surface area contributed by atoms with E-state index in [-0.39, 0.29) is 11.4 Å². The van der Waals surface area contributed by atoms with Gasteiger partial charge >= 0.3 is 0 Å². The van der Waals surface area contributed by atoms with Crippen molar-refractivity contribution in [1.82, 2.24) is 0 Å². The van der Waals surface area contributed by atoms with Crippen molar-refractivity contribution in [1.29, 1.82) is 0 Å². The van der Waals surface area contributed by atoms with E-state index in [0.717, 1.165) is 66.7 Å². The Balaban J connectivity index is 1.21. The molecule has 0 amide bonds. The molecule has 10 aromatic rings. The number of aryl methyl sites for hydroxylation is 4. The minimum atomic E-state index is -0.702. The predicted molar refractivity (Wildman–Crippen MR) is 249 cm³/mol. The number of hydrogen-bond acceptors (Lipinski definition) is 2. The van der Waals surface area contributed by atoms with E-state index in [0.29, 0.717) is 45.0 Å². The standard InChI is InChI=1S/C56H40F4N2/c1-33-15-17-39(27-35(33)3)45-29-53(49(59)31-47(45)57)61(41-11-7-5-8-12-41)51-25-21-37-20-24-44-52(26-22-38-19-23-43(51)55(37)56(38)44)62(42-13-9-6-10-14-42)54-30-46(48(58)32-50(54)60)40-18-16-34(2)36(4)28-40/h5-32H,1-4H3. The summed E-state index contributed by atoms with van der Waals surface area (Å²) in [6.07, 6.45) is 0. The molecule has 0 aromatic heterocycles. The molecular formula is C56H40F4N2. The topological polar surface area (TPSA) is 6.48 Å². The average Bonchev–Trinajstić information content (AvgIpc) is 3.28. The van der Waals surface area contributed by atoms with E-state index in [1.807, 2.05) is 183 Å². The number of benzene rings is 10. The molecule has 0 saturated heterocycles. The van der Waals surface area contributed by atoms with Gasteiger partial charge in [-0.3, -0.25) is 0 Å². The second-order valence-electron chi connectivity index (χ2n) is 16.1. The Hall–Kier alpha value is -7.44. The smallest absolute Gasteiger partial charge is 0.150 e. The average molecular weight is 817 g/mol. The van der Waals surface area contributed by atoms with Gasteiger partial charge in [0.15, 0.2) is 0 Å². The predicted octanol–water partition coefficient (Wildman–Crippen LogP) is 16.6. The van der Waals surface area contributed by atoms with Crippen molar-refractivity contribution in [2.45, 2.75) is 27.7 Å². The fourth-order valence-electron chi connectivity index (χ4n) is 8.81. The van der Waals surface area contributed by atoms with E-state index in [9.17, 15) is 0 Å². The van der Waals surface area contributed by atoms with Crippen LogP contribution < -0.4 is 9.80 Å². The van der Waals surface area contributed by atoms with E-state index in [4.69, 9.17) is 0 Å². The quantitative estimate of drug-likeness (QED) is 0.111. The van der Waals surface area contributed by atoms with Crippen molar-refractivity contribution in [3.05, 3.63) is 215 Å². The maximum absolute atomic E-state index is 16.5. The van der Waals surface area contributed by atoms with Crippen LogP contribution in [0.25, 0.3) is 54.6 Å². The minimum absolute atomic E-state index is 0.197. The summed E-state index contributed by atoms with van der Waals surface area (Å²) in [6, 6.07) is 51.9. The van der Waals surface area contributed by atoms with Crippen molar-refractivity contribution in [3.8, 4) is 22.3 Å². The molecule has 0 aliphatic heterocycles. The van der Waals surface area contributed by atoms with Crippen molar-refractivity contribution in [3.63, 3.8) is 0 Å². The molecule has 0 fully saturated rings. The van der Waals surface area contributed by atoms with Gasteiger partial charge in [0, 0.05) is 45.4 Å². The molecule has 0 aliphatic carbocycles. The Morgan fingerprint density at radius 3 is 1.10 bits per heavy atom. The van der Waals surface area contributed by atoms with Crippen LogP contribution in [-0.4, -0.2) is 0 Å². The highest BCUT2D eigenvalue weighted by molar-refractivity contribution is 6.28. The zero-order valence-corrected chi connectivity index (χ0v) is 34.6. The molecule has 0 radical (unpaired) electrons. The summed E-state index contributed by atoms with van der Waals surface area (Å²) >= 11 is 0. The van der Waals surface area contributed by atoms with Gasteiger partial charge in [-0.1, -0.05) is 109 Å². The highest BCUT2D eigenvalue weighted by Crippen LogP contribution is 2.49. The molecule has 6 heteroatoms. The van der Waals surface area contributed by atoms with E-state index in [2.05, 4.69) is 0 Å². The van der Waals surface area contributed by atoms with E-state index < -0.39 is 23.3 Å². The molecule has 0 heterocycles. The van der Waals surface area contributed by atoms with Crippen LogP contribution in [0, 0.1) is 51.0 Å². The van der Waals surface area contributed by atoms with Crippen LogP contribution in [-0.2, 0) is 0 Å². The van der Waals surface area contributed by atoms with Crippen LogP contribution in [0.5, 0.6) is 0 Å². The first-order chi connectivity index (χ1) is 30.0. The Morgan fingerprint density at radius 2 is 0.710 bits per heavy atom. The van der Waals surface area contributed by atoms with Crippen LogP contribution in [0.3, 0.4) is 0 Å². The SMILES string of the molecule is Cc1ccc(-c2cc(N(c3ccccc3)c3ccc4ccc5c(N(c6ccccc6)c6cc(-c7ccc(C)c(C)c7)c(F)cc6F)ccc6ccc3c4c65)c(F)cc2F)cc1C. The first-order valence-corrected chi connectivity index (χ1v) is 20.6. The lowest BCUT2D eigenvalue weighted by Gasteiger charge is -2.30. The van der Waals surface area contributed by atoms with Crippen molar-refractivity contribution < 1.29 is 17.6 Å². The van der Waals surface area contributed by atoms with Gasteiger partial charge in [-0.05, 0) is 131 Å². The van der Waals surface area contributed by atoms with E-state index in [1.165, 1.54) is 0 Å². The van der Waals surface area contributed by atoms with Gasteiger partial charge in [0.05, 0.1) is 22.7 Å². The first-order valence-electron chi connectivity index (χ1n) is 20.6. The highest BCUT2D eigenvalue weighted by atomic mass is 19.1. The van der Waals surface area contributed by atoms with Crippen LogP contribution in [0.2, 0.25) is 0 Å². The summed E-state index contributed by atoms with van der Waals surface area (Å²) in [4.78, 5) is 3.70. The summed E-state index contributed by atoms with van der Waals surface area (Å²) in [6.45, 7) is 7.96. The molecule has 10 rings (SSSR count).